The molecule has 0 radical (unpaired) electrons. The molecular formula is C22H21F2N3O2. The highest BCUT2D eigenvalue weighted by molar-refractivity contribution is 5.53. The number of halogens is 2. The van der Waals surface area contributed by atoms with Gasteiger partial charge < -0.3 is 8.98 Å². The van der Waals surface area contributed by atoms with Gasteiger partial charge in [0.2, 0.25) is 5.89 Å². The van der Waals surface area contributed by atoms with Gasteiger partial charge in [-0.25, -0.2) is 13.8 Å². The molecule has 0 aliphatic carbocycles. The summed E-state index contributed by atoms with van der Waals surface area (Å²) in [6.45, 7) is 4.90. The first-order valence-electron chi connectivity index (χ1n) is 9.81. The average molecular weight is 397 g/mol. The molecule has 0 N–H and O–H groups in total. The molecule has 2 aliphatic rings. The Bertz CT molecular complexity index is 1120. The lowest BCUT2D eigenvalue weighted by Crippen LogP contribution is -2.46. The van der Waals surface area contributed by atoms with Crippen LogP contribution in [-0.4, -0.2) is 27.5 Å². The third-order valence-corrected chi connectivity index (χ3v) is 5.93. The van der Waals surface area contributed by atoms with E-state index in [1.165, 1.54) is 12.1 Å². The number of likely N-dealkylation sites (tertiary alicyclic amines) is 1. The third kappa shape index (κ3) is 3.40. The highest BCUT2D eigenvalue weighted by atomic mass is 19.1. The molecule has 150 valence electrons. The molecule has 2 aliphatic heterocycles. The Hall–Kier alpha value is -2.80. The Morgan fingerprint density at radius 1 is 1.14 bits per heavy atom. The first kappa shape index (κ1) is 18.2. The van der Waals surface area contributed by atoms with E-state index in [0.29, 0.717) is 29.7 Å². The molecule has 2 atom stereocenters. The van der Waals surface area contributed by atoms with Gasteiger partial charge in [-0.15, -0.1) is 0 Å². The second-order valence-electron chi connectivity index (χ2n) is 8.07. The summed E-state index contributed by atoms with van der Waals surface area (Å²) < 4.78 is 34.7. The van der Waals surface area contributed by atoms with Crippen LogP contribution in [0.25, 0.3) is 11.5 Å². The number of pyridine rings is 1. The van der Waals surface area contributed by atoms with Crippen molar-refractivity contribution >= 4 is 0 Å². The van der Waals surface area contributed by atoms with Gasteiger partial charge >= 0.3 is 0 Å². The maximum Gasteiger partial charge on any atom is 0.250 e. The number of hydrogen-bond acceptors (Lipinski definition) is 4. The van der Waals surface area contributed by atoms with Crippen molar-refractivity contribution in [3.05, 3.63) is 75.5 Å². The van der Waals surface area contributed by atoms with Crippen molar-refractivity contribution < 1.29 is 13.2 Å². The molecule has 3 aromatic rings. The van der Waals surface area contributed by atoms with Gasteiger partial charge in [0.1, 0.15) is 17.4 Å². The normalized spacial score (nSPS) is 21.2. The summed E-state index contributed by atoms with van der Waals surface area (Å²) in [6.07, 6.45) is 1.09. The molecular weight excluding hydrogens is 376 g/mol. The lowest BCUT2D eigenvalue weighted by molar-refractivity contribution is 0.113. The fourth-order valence-electron chi connectivity index (χ4n) is 4.71. The van der Waals surface area contributed by atoms with Gasteiger partial charge in [0, 0.05) is 55.5 Å². The molecule has 0 saturated carbocycles. The average Bonchev–Trinajstić information content (AvgIpc) is 3.02. The number of fused-ring (bicyclic) bond motifs is 4. The van der Waals surface area contributed by atoms with Crippen LogP contribution < -0.4 is 5.56 Å². The summed E-state index contributed by atoms with van der Waals surface area (Å²) >= 11 is 0. The SMILES string of the molecule is Cc1oc(-c2cc(F)cc(F)c2)nc1CN1CC2CC(C1)c1cccc(=O)n1C2. The van der Waals surface area contributed by atoms with Crippen molar-refractivity contribution in [2.45, 2.75) is 32.4 Å². The molecule has 2 unspecified atom stereocenters. The molecule has 0 amide bonds. The summed E-state index contributed by atoms with van der Waals surface area (Å²) in [5.74, 6) is 0.304. The van der Waals surface area contributed by atoms with Gasteiger partial charge in [-0.2, -0.15) is 0 Å². The van der Waals surface area contributed by atoms with Crippen LogP contribution in [0.1, 0.15) is 29.5 Å². The summed E-state index contributed by atoms with van der Waals surface area (Å²) in [4.78, 5) is 19.0. The monoisotopic (exact) mass is 397 g/mol. The Balaban J connectivity index is 1.38. The van der Waals surface area contributed by atoms with Gasteiger partial charge in [0.25, 0.3) is 5.56 Å². The molecule has 7 heteroatoms. The number of aromatic nitrogens is 2. The van der Waals surface area contributed by atoms with Crippen LogP contribution >= 0.6 is 0 Å². The van der Waals surface area contributed by atoms with E-state index in [4.69, 9.17) is 4.42 Å². The number of benzene rings is 1. The highest BCUT2D eigenvalue weighted by Crippen LogP contribution is 2.36. The zero-order valence-corrected chi connectivity index (χ0v) is 16.1. The Kier molecular flexibility index (Phi) is 4.35. The maximum atomic E-state index is 13.5. The fourth-order valence-corrected chi connectivity index (χ4v) is 4.71. The molecule has 1 fully saturated rings. The molecule has 29 heavy (non-hydrogen) atoms. The predicted molar refractivity (Wildman–Crippen MR) is 103 cm³/mol. The van der Waals surface area contributed by atoms with E-state index in [1.807, 2.05) is 23.6 Å². The van der Waals surface area contributed by atoms with E-state index < -0.39 is 11.6 Å². The summed E-state index contributed by atoms with van der Waals surface area (Å²) in [7, 11) is 0. The topological polar surface area (TPSA) is 51.3 Å². The number of nitrogens with zero attached hydrogens (tertiary/aromatic N) is 3. The van der Waals surface area contributed by atoms with Gasteiger partial charge in [0.15, 0.2) is 0 Å². The molecule has 2 aromatic heterocycles. The Morgan fingerprint density at radius 3 is 2.72 bits per heavy atom. The van der Waals surface area contributed by atoms with E-state index in [-0.39, 0.29) is 11.4 Å². The minimum atomic E-state index is -0.657. The lowest BCUT2D eigenvalue weighted by atomic mass is 9.83. The van der Waals surface area contributed by atoms with Crippen LogP contribution in [0.5, 0.6) is 0 Å². The van der Waals surface area contributed by atoms with E-state index in [0.717, 1.165) is 43.5 Å². The Labute approximate surface area is 166 Å². The van der Waals surface area contributed by atoms with Gasteiger partial charge in [-0.3, -0.25) is 9.69 Å². The zero-order chi connectivity index (χ0) is 20.1. The van der Waals surface area contributed by atoms with Crippen LogP contribution in [0, 0.1) is 24.5 Å². The molecule has 2 bridgehead atoms. The first-order chi connectivity index (χ1) is 14.0. The number of oxazole rings is 1. The molecule has 5 nitrogen and oxygen atoms in total. The van der Waals surface area contributed by atoms with E-state index in [2.05, 4.69) is 9.88 Å². The molecule has 1 saturated heterocycles. The highest BCUT2D eigenvalue weighted by Gasteiger charge is 2.34. The van der Waals surface area contributed by atoms with Crippen LogP contribution in [0.4, 0.5) is 8.78 Å². The first-order valence-corrected chi connectivity index (χ1v) is 9.81. The lowest BCUT2D eigenvalue weighted by Gasteiger charge is -2.42. The second-order valence-corrected chi connectivity index (χ2v) is 8.07. The van der Waals surface area contributed by atoms with Crippen molar-refractivity contribution in [1.29, 1.82) is 0 Å². The van der Waals surface area contributed by atoms with Gasteiger partial charge in [-0.05, 0) is 37.5 Å². The third-order valence-electron chi connectivity index (χ3n) is 5.93. The predicted octanol–water partition coefficient (Wildman–Crippen LogP) is 3.71. The summed E-state index contributed by atoms with van der Waals surface area (Å²) in [6, 6.07) is 8.77. The van der Waals surface area contributed by atoms with Crippen molar-refractivity contribution in [3.63, 3.8) is 0 Å². The molecule has 5 rings (SSSR count). The number of piperidine rings is 1. The quantitative estimate of drug-likeness (QED) is 0.676. The smallest absolute Gasteiger partial charge is 0.250 e. The standard InChI is InChI=1S/C22H21F2N3O2/c1-13-19(25-22(29-13)15-6-17(23)8-18(24)7-15)12-26-9-14-5-16(11-26)20-3-2-4-21(28)27(20)10-14/h2-4,6-8,14,16H,5,9-12H2,1H3. The molecule has 1 aromatic carbocycles. The van der Waals surface area contributed by atoms with Gasteiger partial charge in [0.05, 0.1) is 5.69 Å². The minimum Gasteiger partial charge on any atom is -0.441 e. The fraction of sp³-hybridized carbons (Fsp3) is 0.364. The minimum absolute atomic E-state index is 0.0740. The maximum absolute atomic E-state index is 13.5. The van der Waals surface area contributed by atoms with Crippen LogP contribution in [0.3, 0.4) is 0 Å². The molecule has 0 spiro atoms. The molecule has 4 heterocycles. The summed E-state index contributed by atoms with van der Waals surface area (Å²) in [5.41, 5.74) is 2.24. The van der Waals surface area contributed by atoms with Crippen molar-refractivity contribution in [2.24, 2.45) is 5.92 Å². The van der Waals surface area contributed by atoms with E-state index in [9.17, 15) is 13.6 Å². The largest absolute Gasteiger partial charge is 0.441 e. The van der Waals surface area contributed by atoms with Crippen molar-refractivity contribution in [1.82, 2.24) is 14.5 Å². The van der Waals surface area contributed by atoms with Crippen LogP contribution in [-0.2, 0) is 13.1 Å². The van der Waals surface area contributed by atoms with E-state index >= 15 is 0 Å². The van der Waals surface area contributed by atoms with Crippen molar-refractivity contribution in [2.75, 3.05) is 13.1 Å². The number of hydrogen-bond donors (Lipinski definition) is 0. The van der Waals surface area contributed by atoms with Gasteiger partial charge in [-0.1, -0.05) is 6.07 Å². The zero-order valence-electron chi connectivity index (χ0n) is 16.1. The van der Waals surface area contributed by atoms with Crippen LogP contribution in [0.15, 0.2) is 45.6 Å². The van der Waals surface area contributed by atoms with Crippen molar-refractivity contribution in [3.8, 4) is 11.5 Å². The number of rotatable bonds is 3. The van der Waals surface area contributed by atoms with E-state index in [1.54, 1.807) is 6.07 Å². The summed E-state index contributed by atoms with van der Waals surface area (Å²) in [5, 5.41) is 0. The van der Waals surface area contributed by atoms with Crippen LogP contribution in [0.2, 0.25) is 0 Å². The second kappa shape index (κ2) is 6.91. The Morgan fingerprint density at radius 2 is 1.93 bits per heavy atom. The number of aryl methyl sites for hydroxylation is 1.